The van der Waals surface area contributed by atoms with Gasteiger partial charge in [-0.3, -0.25) is 0 Å². The molecule has 1 aromatic carbocycles. The predicted molar refractivity (Wildman–Crippen MR) is 67.9 cm³/mol. The molecule has 0 atom stereocenters. The van der Waals surface area contributed by atoms with Crippen molar-refractivity contribution in [2.75, 3.05) is 11.6 Å². The Kier molecular flexibility index (Phi) is 5.54. The molecule has 0 aliphatic carbocycles. The third kappa shape index (κ3) is 3.01. The van der Waals surface area contributed by atoms with Crippen molar-refractivity contribution in [3.05, 3.63) is 26.2 Å². The quantitative estimate of drug-likeness (QED) is 0.396. The fourth-order valence-electron chi connectivity index (χ4n) is 0.819. The fourth-order valence-corrected chi connectivity index (χ4v) is 3.05. The second-order valence-electron chi connectivity index (χ2n) is 2.33. The highest BCUT2D eigenvalue weighted by Gasteiger charge is 2.13. The minimum absolute atomic E-state index is 0.401. The van der Waals surface area contributed by atoms with Crippen molar-refractivity contribution in [2.45, 2.75) is 4.90 Å². The number of hydrogen-bond donors (Lipinski definition) is 0. The third-order valence-electron chi connectivity index (χ3n) is 1.40. The van der Waals surface area contributed by atoms with Gasteiger partial charge in [0.1, 0.15) is 0 Å². The van der Waals surface area contributed by atoms with Gasteiger partial charge in [-0.1, -0.05) is 46.4 Å². The Labute approximate surface area is 112 Å². The van der Waals surface area contributed by atoms with Crippen molar-refractivity contribution < 1.29 is 0 Å². The van der Waals surface area contributed by atoms with Crippen LogP contribution < -0.4 is 0 Å². The molecule has 0 saturated carbocycles. The molecule has 0 nitrogen and oxygen atoms in total. The van der Waals surface area contributed by atoms with Gasteiger partial charge >= 0.3 is 0 Å². The molecule has 0 heterocycles. The zero-order chi connectivity index (χ0) is 10.7. The Hall–Kier alpha value is 1.02. The van der Waals surface area contributed by atoms with Gasteiger partial charge in [0.15, 0.2) is 0 Å². The summed E-state index contributed by atoms with van der Waals surface area (Å²) in [5.41, 5.74) is 0. The lowest BCUT2D eigenvalue weighted by atomic mass is 10.3. The van der Waals surface area contributed by atoms with Crippen molar-refractivity contribution in [2.24, 2.45) is 0 Å². The molecule has 0 bridgehead atoms. The van der Waals surface area contributed by atoms with Crippen molar-refractivity contribution in [3.63, 3.8) is 0 Å². The number of benzene rings is 1. The lowest BCUT2D eigenvalue weighted by Crippen LogP contribution is -1.84. The summed E-state index contributed by atoms with van der Waals surface area (Å²) in [6.45, 7) is 0. The summed E-state index contributed by atoms with van der Waals surface area (Å²) in [6.07, 6.45) is 0. The number of halogens is 5. The number of rotatable bonds is 3. The molecule has 0 fully saturated rings. The Bertz CT molecular complexity index is 313. The van der Waals surface area contributed by atoms with Crippen molar-refractivity contribution in [3.8, 4) is 0 Å². The van der Waals surface area contributed by atoms with Gasteiger partial charge in [-0.25, -0.2) is 0 Å². The van der Waals surface area contributed by atoms with Gasteiger partial charge in [0.25, 0.3) is 0 Å². The Morgan fingerprint density at radius 2 is 1.50 bits per heavy atom. The Morgan fingerprint density at radius 1 is 1.00 bits per heavy atom. The summed E-state index contributed by atoms with van der Waals surface area (Å²) in [4.78, 5) is 0.687. The maximum atomic E-state index is 5.97. The molecule has 0 aliphatic heterocycles. The van der Waals surface area contributed by atoms with Crippen molar-refractivity contribution in [1.29, 1.82) is 0 Å². The van der Waals surface area contributed by atoms with Crippen LogP contribution in [0.15, 0.2) is 11.0 Å². The van der Waals surface area contributed by atoms with E-state index in [1.165, 1.54) is 17.8 Å². The first-order valence-corrected chi connectivity index (χ1v) is 6.63. The maximum absolute atomic E-state index is 5.97. The monoisotopic (exact) mass is 308 g/mol. The van der Waals surface area contributed by atoms with Gasteiger partial charge in [0.2, 0.25) is 0 Å². The minimum atomic E-state index is 0.401. The highest BCUT2D eigenvalue weighted by atomic mass is 35.5. The van der Waals surface area contributed by atoms with Crippen LogP contribution >= 0.6 is 69.8 Å². The van der Waals surface area contributed by atoms with E-state index in [4.69, 9.17) is 58.0 Å². The van der Waals surface area contributed by atoms with Crippen LogP contribution in [-0.4, -0.2) is 11.6 Å². The van der Waals surface area contributed by atoms with Gasteiger partial charge in [0.05, 0.1) is 20.1 Å². The molecular formula is C8H5Cl5S. The van der Waals surface area contributed by atoms with Gasteiger partial charge < -0.3 is 0 Å². The minimum Gasteiger partial charge on any atom is -0.126 e. The van der Waals surface area contributed by atoms with Gasteiger partial charge in [-0.2, -0.15) is 0 Å². The first kappa shape index (κ1) is 13.1. The van der Waals surface area contributed by atoms with E-state index in [2.05, 4.69) is 0 Å². The van der Waals surface area contributed by atoms with Gasteiger partial charge in [-0.05, 0) is 6.07 Å². The van der Waals surface area contributed by atoms with E-state index >= 15 is 0 Å². The highest BCUT2D eigenvalue weighted by molar-refractivity contribution is 7.99. The van der Waals surface area contributed by atoms with Crippen molar-refractivity contribution in [1.82, 2.24) is 0 Å². The summed E-state index contributed by atoms with van der Waals surface area (Å²) in [5.74, 6) is 1.22. The van der Waals surface area contributed by atoms with Crippen LogP contribution in [0.25, 0.3) is 0 Å². The Balaban J connectivity index is 3.11. The van der Waals surface area contributed by atoms with Crippen LogP contribution in [0, 0.1) is 0 Å². The third-order valence-corrected chi connectivity index (χ3v) is 4.71. The summed E-state index contributed by atoms with van der Waals surface area (Å²) in [7, 11) is 0. The van der Waals surface area contributed by atoms with Crippen LogP contribution in [0.4, 0.5) is 0 Å². The standard InChI is InChI=1S/C8H5Cl5S/c9-1-2-14-8-6(12)4(10)3-5(11)7(8)13/h3H,1-2H2. The van der Waals surface area contributed by atoms with E-state index in [1.54, 1.807) is 0 Å². The van der Waals surface area contributed by atoms with E-state index in [0.717, 1.165) is 0 Å². The molecule has 14 heavy (non-hydrogen) atoms. The molecule has 1 rings (SSSR count). The molecule has 0 radical (unpaired) electrons. The molecule has 6 heteroatoms. The number of alkyl halides is 1. The van der Waals surface area contributed by atoms with E-state index in [1.807, 2.05) is 0 Å². The lowest BCUT2D eigenvalue weighted by Gasteiger charge is -2.08. The van der Waals surface area contributed by atoms with Gasteiger partial charge in [0, 0.05) is 16.5 Å². The van der Waals surface area contributed by atoms with Crippen LogP contribution in [0.2, 0.25) is 20.1 Å². The molecule has 0 spiro atoms. The van der Waals surface area contributed by atoms with E-state index in [0.29, 0.717) is 36.6 Å². The second-order valence-corrected chi connectivity index (χ2v) is 5.39. The first-order valence-electron chi connectivity index (χ1n) is 3.59. The average molecular weight is 310 g/mol. The summed E-state index contributed by atoms with van der Waals surface area (Å²) >= 11 is 30.6. The van der Waals surface area contributed by atoms with Crippen molar-refractivity contribution >= 4 is 69.8 Å². The summed E-state index contributed by atoms with van der Waals surface area (Å²) in [6, 6.07) is 1.53. The zero-order valence-corrected chi connectivity index (χ0v) is 11.4. The number of hydrogen-bond acceptors (Lipinski definition) is 1. The summed E-state index contributed by atoms with van der Waals surface area (Å²) < 4.78 is 0. The van der Waals surface area contributed by atoms with Gasteiger partial charge in [-0.15, -0.1) is 23.4 Å². The smallest absolute Gasteiger partial charge is 0.0744 e. The normalized spacial score (nSPS) is 10.6. The summed E-state index contributed by atoms with van der Waals surface area (Å²) in [5, 5.41) is 1.66. The second kappa shape index (κ2) is 5.93. The molecule has 78 valence electrons. The highest BCUT2D eigenvalue weighted by Crippen LogP contribution is 2.42. The molecule has 1 aromatic rings. The molecule has 0 aliphatic rings. The maximum Gasteiger partial charge on any atom is 0.0744 e. The molecule has 0 aromatic heterocycles. The van der Waals surface area contributed by atoms with Crippen LogP contribution in [0.1, 0.15) is 0 Å². The number of thioether (sulfide) groups is 1. The zero-order valence-electron chi connectivity index (χ0n) is 6.79. The van der Waals surface area contributed by atoms with E-state index in [-0.39, 0.29) is 0 Å². The molecule has 0 unspecified atom stereocenters. The van der Waals surface area contributed by atoms with Crippen LogP contribution in [0.5, 0.6) is 0 Å². The first-order chi connectivity index (χ1) is 6.57. The molecule has 0 saturated heterocycles. The van der Waals surface area contributed by atoms with Crippen LogP contribution in [-0.2, 0) is 0 Å². The predicted octanol–water partition coefficient (Wildman–Crippen LogP) is 5.63. The fraction of sp³-hybridized carbons (Fsp3) is 0.250. The lowest BCUT2D eigenvalue weighted by molar-refractivity contribution is 1.43. The molecular weight excluding hydrogens is 305 g/mol. The molecule has 0 amide bonds. The van der Waals surface area contributed by atoms with Crippen LogP contribution in [0.3, 0.4) is 0 Å². The molecule has 0 N–H and O–H groups in total. The van der Waals surface area contributed by atoms with E-state index in [9.17, 15) is 0 Å². The average Bonchev–Trinajstić information content (AvgIpc) is 2.15. The topological polar surface area (TPSA) is 0 Å². The Morgan fingerprint density at radius 3 is 1.93 bits per heavy atom. The largest absolute Gasteiger partial charge is 0.126 e. The van der Waals surface area contributed by atoms with E-state index < -0.39 is 0 Å². The SMILES string of the molecule is ClCCSc1c(Cl)c(Cl)cc(Cl)c1Cl.